The van der Waals surface area contributed by atoms with Crippen LogP contribution in [0.1, 0.15) is 44.3 Å². The third kappa shape index (κ3) is 4.62. The van der Waals surface area contributed by atoms with Gasteiger partial charge in [0.2, 0.25) is 0 Å². The van der Waals surface area contributed by atoms with Gasteiger partial charge in [-0.05, 0) is 32.2 Å². The van der Waals surface area contributed by atoms with Crippen molar-refractivity contribution in [3.05, 3.63) is 16.1 Å². The Balaban J connectivity index is 2.16. The monoisotopic (exact) mass is 240 g/mol. The van der Waals surface area contributed by atoms with Crippen LogP contribution in [0.4, 0.5) is 0 Å². The summed E-state index contributed by atoms with van der Waals surface area (Å²) in [5.74, 6) is 0.729. The van der Waals surface area contributed by atoms with Gasteiger partial charge in [0.1, 0.15) is 0 Å². The van der Waals surface area contributed by atoms with E-state index in [9.17, 15) is 0 Å². The van der Waals surface area contributed by atoms with Crippen molar-refractivity contribution in [3.8, 4) is 0 Å². The van der Waals surface area contributed by atoms with E-state index in [-0.39, 0.29) is 0 Å². The Morgan fingerprint density at radius 1 is 1.44 bits per heavy atom. The van der Waals surface area contributed by atoms with Gasteiger partial charge >= 0.3 is 0 Å². The minimum Gasteiger partial charge on any atom is -0.314 e. The van der Waals surface area contributed by atoms with Crippen LogP contribution in [0.5, 0.6) is 0 Å². The summed E-state index contributed by atoms with van der Waals surface area (Å²) in [5, 5.41) is 7.03. The molecule has 0 aliphatic rings. The summed E-state index contributed by atoms with van der Waals surface area (Å²) < 4.78 is 0. The van der Waals surface area contributed by atoms with Crippen molar-refractivity contribution in [3.63, 3.8) is 0 Å². The average Bonchev–Trinajstić information content (AvgIpc) is 2.64. The van der Waals surface area contributed by atoms with Crippen molar-refractivity contribution in [2.24, 2.45) is 5.92 Å². The molecule has 1 unspecified atom stereocenters. The number of aromatic nitrogens is 1. The van der Waals surface area contributed by atoms with Crippen LogP contribution in [0, 0.1) is 12.8 Å². The van der Waals surface area contributed by atoms with Crippen LogP contribution in [-0.2, 0) is 6.42 Å². The van der Waals surface area contributed by atoms with Gasteiger partial charge in [-0.15, -0.1) is 11.3 Å². The van der Waals surface area contributed by atoms with Gasteiger partial charge in [-0.2, -0.15) is 0 Å². The zero-order valence-corrected chi connectivity index (χ0v) is 11.7. The molecule has 0 aliphatic heterocycles. The molecule has 1 rings (SSSR count). The third-order valence-electron chi connectivity index (χ3n) is 2.89. The van der Waals surface area contributed by atoms with Gasteiger partial charge in [-0.25, -0.2) is 4.98 Å². The van der Waals surface area contributed by atoms with Crippen molar-refractivity contribution >= 4 is 11.3 Å². The first-order chi connectivity index (χ1) is 7.63. The molecule has 0 fully saturated rings. The van der Waals surface area contributed by atoms with Gasteiger partial charge < -0.3 is 5.32 Å². The van der Waals surface area contributed by atoms with Crippen LogP contribution in [0.25, 0.3) is 0 Å². The highest BCUT2D eigenvalue weighted by molar-refractivity contribution is 7.09. The number of aryl methyl sites for hydroxylation is 2. The zero-order valence-electron chi connectivity index (χ0n) is 10.9. The van der Waals surface area contributed by atoms with Crippen LogP contribution in [0.2, 0.25) is 0 Å². The summed E-state index contributed by atoms with van der Waals surface area (Å²) in [6, 6.07) is 0.665. The van der Waals surface area contributed by atoms with E-state index in [1.807, 2.05) is 0 Å². The molecule has 0 saturated heterocycles. The van der Waals surface area contributed by atoms with Crippen LogP contribution < -0.4 is 5.32 Å². The number of thiazole rings is 1. The molecule has 92 valence electrons. The van der Waals surface area contributed by atoms with E-state index in [0.717, 1.165) is 24.6 Å². The lowest BCUT2D eigenvalue weighted by atomic mass is 10.0. The first-order valence-corrected chi connectivity index (χ1v) is 7.15. The fourth-order valence-corrected chi connectivity index (χ4v) is 2.71. The van der Waals surface area contributed by atoms with E-state index in [2.05, 4.69) is 43.4 Å². The fraction of sp³-hybridized carbons (Fsp3) is 0.769. The number of hydrogen-bond donors (Lipinski definition) is 1. The highest BCUT2D eigenvalue weighted by Gasteiger charge is 2.09. The fourth-order valence-electron chi connectivity index (χ4n) is 1.90. The number of nitrogens with zero attached hydrogens (tertiary/aromatic N) is 1. The molecule has 1 aromatic rings. The van der Waals surface area contributed by atoms with Gasteiger partial charge in [0.05, 0.1) is 5.01 Å². The van der Waals surface area contributed by atoms with Crippen LogP contribution in [0.3, 0.4) is 0 Å². The maximum Gasteiger partial charge on any atom is 0.0928 e. The molecule has 0 aromatic carbocycles. The molecule has 1 N–H and O–H groups in total. The molecule has 1 aromatic heterocycles. The molecule has 0 amide bonds. The molecule has 1 atom stereocenters. The van der Waals surface area contributed by atoms with Crippen LogP contribution in [0.15, 0.2) is 5.38 Å². The molecule has 0 bridgehead atoms. The van der Waals surface area contributed by atoms with Crippen molar-refractivity contribution in [2.75, 3.05) is 6.54 Å². The van der Waals surface area contributed by atoms with Crippen molar-refractivity contribution in [1.29, 1.82) is 0 Å². The van der Waals surface area contributed by atoms with Crippen molar-refractivity contribution in [1.82, 2.24) is 10.3 Å². The van der Waals surface area contributed by atoms with Gasteiger partial charge in [0.25, 0.3) is 0 Å². The van der Waals surface area contributed by atoms with Crippen LogP contribution >= 0.6 is 11.3 Å². The highest BCUT2D eigenvalue weighted by Crippen LogP contribution is 2.11. The Morgan fingerprint density at radius 3 is 2.69 bits per heavy atom. The maximum absolute atomic E-state index is 4.47. The Labute approximate surface area is 103 Å². The second kappa shape index (κ2) is 7.02. The summed E-state index contributed by atoms with van der Waals surface area (Å²) in [7, 11) is 0. The Morgan fingerprint density at radius 2 is 2.19 bits per heavy atom. The normalized spacial score (nSPS) is 13.3. The highest BCUT2D eigenvalue weighted by atomic mass is 32.1. The number of rotatable bonds is 7. The Hall–Kier alpha value is -0.410. The van der Waals surface area contributed by atoms with Crippen molar-refractivity contribution < 1.29 is 0 Å². The van der Waals surface area contributed by atoms with Crippen LogP contribution in [-0.4, -0.2) is 17.6 Å². The SMILES string of the molecule is CCC(NCCCc1nc(C)cs1)C(C)C. The minimum absolute atomic E-state index is 0.665. The average molecular weight is 240 g/mol. The largest absolute Gasteiger partial charge is 0.314 e. The first-order valence-electron chi connectivity index (χ1n) is 6.27. The molecule has 1 heterocycles. The van der Waals surface area contributed by atoms with Crippen molar-refractivity contribution in [2.45, 2.75) is 53.0 Å². The number of nitrogens with one attached hydrogen (secondary N) is 1. The Kier molecular flexibility index (Phi) is 5.99. The molecule has 2 nitrogen and oxygen atoms in total. The molecule has 3 heteroatoms. The smallest absolute Gasteiger partial charge is 0.0928 e. The van der Waals surface area contributed by atoms with Gasteiger partial charge in [-0.3, -0.25) is 0 Å². The lowest BCUT2D eigenvalue weighted by Crippen LogP contribution is -2.33. The molecule has 0 spiro atoms. The topological polar surface area (TPSA) is 24.9 Å². The third-order valence-corrected chi connectivity index (χ3v) is 3.91. The maximum atomic E-state index is 4.47. The summed E-state index contributed by atoms with van der Waals surface area (Å²) in [5.41, 5.74) is 1.15. The summed E-state index contributed by atoms with van der Waals surface area (Å²) >= 11 is 1.78. The first kappa shape index (κ1) is 13.7. The summed E-state index contributed by atoms with van der Waals surface area (Å²) in [4.78, 5) is 4.47. The van der Waals surface area contributed by atoms with E-state index in [0.29, 0.717) is 6.04 Å². The Bertz CT molecular complexity index is 294. The molecule has 0 aliphatic carbocycles. The van der Waals surface area contributed by atoms with E-state index < -0.39 is 0 Å². The van der Waals surface area contributed by atoms with E-state index in [4.69, 9.17) is 0 Å². The predicted octanol–water partition coefficient (Wildman–Crippen LogP) is 3.41. The number of hydrogen-bond acceptors (Lipinski definition) is 3. The van der Waals surface area contributed by atoms with Gasteiger partial charge in [0.15, 0.2) is 0 Å². The molecule has 0 radical (unpaired) electrons. The van der Waals surface area contributed by atoms with E-state index >= 15 is 0 Å². The lowest BCUT2D eigenvalue weighted by Gasteiger charge is -2.20. The predicted molar refractivity (Wildman–Crippen MR) is 72.1 cm³/mol. The zero-order chi connectivity index (χ0) is 12.0. The standard InChI is InChI=1S/C13H24N2S/c1-5-12(10(2)3)14-8-6-7-13-15-11(4)9-16-13/h9-10,12,14H,5-8H2,1-4H3. The molecular formula is C13H24N2S. The minimum atomic E-state index is 0.665. The van der Waals surface area contributed by atoms with Gasteiger partial charge in [-0.1, -0.05) is 20.8 Å². The summed E-state index contributed by atoms with van der Waals surface area (Å²) in [6.07, 6.45) is 3.52. The van der Waals surface area contributed by atoms with E-state index in [1.54, 1.807) is 11.3 Å². The second-order valence-corrected chi connectivity index (χ2v) is 5.64. The molecule has 0 saturated carbocycles. The molecular weight excluding hydrogens is 216 g/mol. The van der Waals surface area contributed by atoms with E-state index in [1.165, 1.54) is 17.8 Å². The quantitative estimate of drug-likeness (QED) is 0.739. The summed E-state index contributed by atoms with van der Waals surface area (Å²) in [6.45, 7) is 9.98. The molecule has 16 heavy (non-hydrogen) atoms. The van der Waals surface area contributed by atoms with Gasteiger partial charge in [0, 0.05) is 23.5 Å². The second-order valence-electron chi connectivity index (χ2n) is 4.70. The lowest BCUT2D eigenvalue weighted by molar-refractivity contribution is 0.387.